The number of nitrogen functional groups attached to an aromatic ring is 1. The van der Waals surface area contributed by atoms with Crippen LogP contribution >= 0.6 is 15.9 Å². The molecule has 17 heavy (non-hydrogen) atoms. The Morgan fingerprint density at radius 2 is 2.06 bits per heavy atom. The van der Waals surface area contributed by atoms with Crippen molar-refractivity contribution in [3.8, 4) is 0 Å². The Labute approximate surface area is 112 Å². The smallest absolute Gasteiger partial charge is 0.0606 e. The average Bonchev–Trinajstić information content (AvgIpc) is 2.29. The second-order valence-corrected chi connectivity index (χ2v) is 5.08. The van der Waals surface area contributed by atoms with E-state index in [1.807, 2.05) is 13.0 Å². The maximum Gasteiger partial charge on any atom is 0.0606 e. The van der Waals surface area contributed by atoms with Gasteiger partial charge in [-0.15, -0.1) is 0 Å². The normalized spacial score (nSPS) is 10.6. The summed E-state index contributed by atoms with van der Waals surface area (Å²) in [5, 5.41) is 9.13. The van der Waals surface area contributed by atoms with E-state index in [9.17, 15) is 0 Å². The molecule has 0 aliphatic carbocycles. The molecule has 0 bridgehead atoms. The summed E-state index contributed by atoms with van der Waals surface area (Å²) in [5.74, 6) is 0. The maximum absolute atomic E-state index is 9.13. The molecule has 0 heterocycles. The lowest BCUT2D eigenvalue weighted by molar-refractivity contribution is 0.301. The van der Waals surface area contributed by atoms with Gasteiger partial charge in [0, 0.05) is 23.2 Å². The van der Waals surface area contributed by atoms with Crippen molar-refractivity contribution in [3.63, 3.8) is 0 Å². The first-order valence-corrected chi connectivity index (χ1v) is 6.80. The van der Waals surface area contributed by atoms with E-state index in [1.165, 1.54) is 0 Å². The quantitative estimate of drug-likeness (QED) is 0.794. The van der Waals surface area contributed by atoms with E-state index in [-0.39, 0.29) is 6.61 Å². The van der Waals surface area contributed by atoms with Crippen molar-refractivity contribution in [3.05, 3.63) is 22.2 Å². The van der Waals surface area contributed by atoms with Crippen molar-refractivity contribution in [2.75, 3.05) is 30.3 Å². The van der Waals surface area contributed by atoms with Gasteiger partial charge in [-0.3, -0.25) is 0 Å². The van der Waals surface area contributed by atoms with Crippen LogP contribution in [0.1, 0.15) is 25.3 Å². The molecular weight excluding hydrogens is 280 g/mol. The monoisotopic (exact) mass is 300 g/mol. The lowest BCUT2D eigenvalue weighted by Gasteiger charge is -2.25. The van der Waals surface area contributed by atoms with Crippen LogP contribution in [0, 0.1) is 6.92 Å². The van der Waals surface area contributed by atoms with E-state index in [2.05, 4.69) is 33.8 Å². The topological polar surface area (TPSA) is 49.5 Å². The van der Waals surface area contributed by atoms with Gasteiger partial charge in [0.25, 0.3) is 0 Å². The average molecular weight is 301 g/mol. The number of unbranched alkanes of at least 4 members (excludes halogenated alkanes) is 1. The molecule has 1 rings (SSSR count). The molecule has 3 nitrogen and oxygen atoms in total. The summed E-state index contributed by atoms with van der Waals surface area (Å²) in [7, 11) is 0. The van der Waals surface area contributed by atoms with Crippen LogP contribution in [0.15, 0.2) is 16.6 Å². The molecule has 0 aliphatic rings. The Bertz CT molecular complexity index is 369. The van der Waals surface area contributed by atoms with Gasteiger partial charge in [-0.2, -0.15) is 0 Å². The second-order valence-electron chi connectivity index (χ2n) is 4.22. The number of nitrogens with zero attached hydrogens (tertiary/aromatic N) is 1. The summed E-state index contributed by atoms with van der Waals surface area (Å²) in [6.45, 7) is 5.95. The standard InChI is InChI=1S/C13H21BrN2O/c1-3-4-5-16(6-7-17)13-8-10(2)12(15)9-11(13)14/h8-9,17H,3-7,15H2,1-2H3. The van der Waals surface area contributed by atoms with E-state index in [0.717, 1.165) is 40.8 Å². The summed E-state index contributed by atoms with van der Waals surface area (Å²) in [5.41, 5.74) is 8.84. The lowest BCUT2D eigenvalue weighted by Crippen LogP contribution is -2.28. The van der Waals surface area contributed by atoms with Crippen molar-refractivity contribution in [1.82, 2.24) is 0 Å². The molecular formula is C13H21BrN2O. The van der Waals surface area contributed by atoms with Gasteiger partial charge in [-0.25, -0.2) is 0 Å². The molecule has 0 saturated carbocycles. The molecule has 0 fully saturated rings. The highest BCUT2D eigenvalue weighted by Gasteiger charge is 2.11. The summed E-state index contributed by atoms with van der Waals surface area (Å²) >= 11 is 3.54. The highest BCUT2D eigenvalue weighted by Crippen LogP contribution is 2.30. The number of rotatable bonds is 6. The number of hydrogen-bond donors (Lipinski definition) is 2. The molecule has 4 heteroatoms. The summed E-state index contributed by atoms with van der Waals surface area (Å²) in [6, 6.07) is 4.01. The molecule has 0 aromatic heterocycles. The van der Waals surface area contributed by atoms with Crippen LogP contribution in [-0.4, -0.2) is 24.8 Å². The third kappa shape index (κ3) is 3.89. The number of anilines is 2. The Balaban J connectivity index is 2.96. The number of hydrogen-bond acceptors (Lipinski definition) is 3. The molecule has 0 spiro atoms. The number of aliphatic hydroxyl groups excluding tert-OH is 1. The number of nitrogens with two attached hydrogens (primary N) is 1. The third-order valence-corrected chi connectivity index (χ3v) is 3.46. The van der Waals surface area contributed by atoms with Gasteiger partial charge in [-0.05, 0) is 47.0 Å². The minimum Gasteiger partial charge on any atom is -0.398 e. The van der Waals surface area contributed by atoms with Gasteiger partial charge in [0.05, 0.1) is 12.3 Å². The molecule has 0 saturated heterocycles. The minimum atomic E-state index is 0.166. The first-order chi connectivity index (χ1) is 8.10. The van der Waals surface area contributed by atoms with E-state index < -0.39 is 0 Å². The van der Waals surface area contributed by atoms with Crippen molar-refractivity contribution in [2.24, 2.45) is 0 Å². The first kappa shape index (κ1) is 14.3. The Morgan fingerprint density at radius 1 is 1.35 bits per heavy atom. The van der Waals surface area contributed by atoms with Gasteiger partial charge < -0.3 is 15.7 Å². The molecule has 0 aliphatic heterocycles. The van der Waals surface area contributed by atoms with E-state index in [4.69, 9.17) is 10.8 Å². The number of benzene rings is 1. The second kappa shape index (κ2) is 6.87. The predicted octanol–water partition coefficient (Wildman–Crippen LogP) is 2.94. The predicted molar refractivity (Wildman–Crippen MR) is 77.5 cm³/mol. The zero-order valence-electron chi connectivity index (χ0n) is 10.5. The van der Waals surface area contributed by atoms with Gasteiger partial charge in [0.15, 0.2) is 0 Å². The van der Waals surface area contributed by atoms with Crippen molar-refractivity contribution in [2.45, 2.75) is 26.7 Å². The minimum absolute atomic E-state index is 0.166. The van der Waals surface area contributed by atoms with Crippen molar-refractivity contribution in [1.29, 1.82) is 0 Å². The molecule has 0 unspecified atom stereocenters. The lowest BCUT2D eigenvalue weighted by atomic mass is 10.1. The highest BCUT2D eigenvalue weighted by molar-refractivity contribution is 9.10. The summed E-state index contributed by atoms with van der Waals surface area (Å²) in [4.78, 5) is 2.19. The number of aryl methyl sites for hydroxylation is 1. The third-order valence-electron chi connectivity index (χ3n) is 2.83. The fraction of sp³-hybridized carbons (Fsp3) is 0.538. The fourth-order valence-corrected chi connectivity index (χ4v) is 2.36. The Morgan fingerprint density at radius 3 is 2.65 bits per heavy atom. The zero-order chi connectivity index (χ0) is 12.8. The van der Waals surface area contributed by atoms with E-state index in [1.54, 1.807) is 0 Å². The van der Waals surface area contributed by atoms with Gasteiger partial charge in [0.1, 0.15) is 0 Å². The van der Waals surface area contributed by atoms with Gasteiger partial charge in [0.2, 0.25) is 0 Å². The summed E-state index contributed by atoms with van der Waals surface area (Å²) in [6.07, 6.45) is 2.27. The molecule has 1 aromatic rings. The number of aliphatic hydroxyl groups is 1. The van der Waals surface area contributed by atoms with Crippen molar-refractivity contribution < 1.29 is 5.11 Å². The van der Waals surface area contributed by atoms with Crippen LogP contribution in [-0.2, 0) is 0 Å². The Kier molecular flexibility index (Phi) is 5.78. The molecule has 1 aromatic carbocycles. The fourth-order valence-electron chi connectivity index (χ4n) is 1.75. The van der Waals surface area contributed by atoms with Crippen molar-refractivity contribution >= 4 is 27.3 Å². The first-order valence-electron chi connectivity index (χ1n) is 6.01. The van der Waals surface area contributed by atoms with Gasteiger partial charge in [-0.1, -0.05) is 13.3 Å². The highest BCUT2D eigenvalue weighted by atomic mass is 79.9. The zero-order valence-corrected chi connectivity index (χ0v) is 12.1. The molecule has 0 atom stereocenters. The van der Waals surface area contributed by atoms with Crippen LogP contribution in [0.25, 0.3) is 0 Å². The Hall–Kier alpha value is -0.740. The van der Waals surface area contributed by atoms with E-state index >= 15 is 0 Å². The number of halogens is 1. The van der Waals surface area contributed by atoms with E-state index in [0.29, 0.717) is 6.54 Å². The summed E-state index contributed by atoms with van der Waals surface area (Å²) < 4.78 is 0.991. The SMILES string of the molecule is CCCCN(CCO)c1cc(C)c(N)cc1Br. The molecule has 0 amide bonds. The van der Waals surface area contributed by atoms with Crippen LogP contribution < -0.4 is 10.6 Å². The molecule has 0 radical (unpaired) electrons. The van der Waals surface area contributed by atoms with Crippen LogP contribution in [0.5, 0.6) is 0 Å². The van der Waals surface area contributed by atoms with Crippen LogP contribution in [0.3, 0.4) is 0 Å². The maximum atomic E-state index is 9.13. The molecule has 3 N–H and O–H groups in total. The van der Waals surface area contributed by atoms with Gasteiger partial charge >= 0.3 is 0 Å². The molecule has 96 valence electrons. The largest absolute Gasteiger partial charge is 0.398 e. The van der Waals surface area contributed by atoms with Crippen LogP contribution in [0.4, 0.5) is 11.4 Å². The van der Waals surface area contributed by atoms with Crippen LogP contribution in [0.2, 0.25) is 0 Å².